The molecule has 1 N–H and O–H groups in total. The van der Waals surface area contributed by atoms with Gasteiger partial charge in [0.25, 0.3) is 0 Å². The molecule has 19 heavy (non-hydrogen) atoms. The molecule has 1 fully saturated rings. The maximum absolute atomic E-state index is 5.56. The number of aromatic amines is 1. The number of likely N-dealkylation sites (N-methyl/N-ethyl adjacent to an activating group) is 1. The number of nitrogens with one attached hydrogen (secondary N) is 1. The van der Waals surface area contributed by atoms with Crippen LogP contribution in [-0.4, -0.2) is 34.1 Å². The lowest BCUT2D eigenvalue weighted by molar-refractivity contribution is 0.187. The summed E-state index contributed by atoms with van der Waals surface area (Å²) in [5.41, 5.74) is 3.72. The number of likely N-dealkylation sites (tertiary alicyclic amines) is 1. The Morgan fingerprint density at radius 2 is 2.26 bits per heavy atom. The van der Waals surface area contributed by atoms with Crippen molar-refractivity contribution in [3.05, 3.63) is 28.5 Å². The maximum Gasteiger partial charge on any atom is 0.178 e. The quantitative estimate of drug-likeness (QED) is 0.846. The molecule has 1 aliphatic heterocycles. The van der Waals surface area contributed by atoms with Crippen LogP contribution in [0.3, 0.4) is 0 Å². The van der Waals surface area contributed by atoms with Crippen LogP contribution in [0.15, 0.2) is 18.2 Å². The molecular formula is C15H21N3S. The van der Waals surface area contributed by atoms with Crippen LogP contribution >= 0.6 is 12.2 Å². The van der Waals surface area contributed by atoms with Crippen molar-refractivity contribution in [2.45, 2.75) is 32.7 Å². The highest BCUT2D eigenvalue weighted by atomic mass is 32.1. The molecule has 0 aliphatic carbocycles. The van der Waals surface area contributed by atoms with Crippen LogP contribution in [0.1, 0.15) is 31.4 Å². The molecule has 2 aromatic rings. The second-order valence-corrected chi connectivity index (χ2v) is 5.85. The van der Waals surface area contributed by atoms with Gasteiger partial charge in [0.05, 0.1) is 11.0 Å². The fraction of sp³-hybridized carbons (Fsp3) is 0.533. The van der Waals surface area contributed by atoms with Crippen molar-refractivity contribution >= 4 is 23.3 Å². The molecule has 0 bridgehead atoms. The first-order valence-corrected chi connectivity index (χ1v) is 7.53. The summed E-state index contributed by atoms with van der Waals surface area (Å²) in [5.74, 6) is 0. The van der Waals surface area contributed by atoms with Crippen LogP contribution < -0.4 is 0 Å². The molecule has 1 aromatic carbocycles. The lowest BCUT2D eigenvalue weighted by Gasteiger charge is -2.32. The van der Waals surface area contributed by atoms with E-state index in [-0.39, 0.29) is 0 Å². The van der Waals surface area contributed by atoms with Crippen molar-refractivity contribution in [1.82, 2.24) is 14.5 Å². The van der Waals surface area contributed by atoms with Gasteiger partial charge in [-0.15, -0.1) is 0 Å². The van der Waals surface area contributed by atoms with E-state index in [1.54, 1.807) is 0 Å². The number of piperidine rings is 1. The molecule has 3 nitrogen and oxygen atoms in total. The summed E-state index contributed by atoms with van der Waals surface area (Å²) in [7, 11) is 0. The summed E-state index contributed by atoms with van der Waals surface area (Å²) >= 11 is 5.56. The zero-order valence-electron chi connectivity index (χ0n) is 11.6. The highest BCUT2D eigenvalue weighted by molar-refractivity contribution is 7.71. The normalized spacial score (nSPS) is 21.1. The van der Waals surface area contributed by atoms with E-state index in [1.165, 1.54) is 36.0 Å². The zero-order valence-corrected chi connectivity index (χ0v) is 12.5. The Morgan fingerprint density at radius 1 is 1.42 bits per heavy atom. The molecule has 1 unspecified atom stereocenters. The van der Waals surface area contributed by atoms with Gasteiger partial charge < -0.3 is 14.5 Å². The van der Waals surface area contributed by atoms with Crippen LogP contribution in [0.2, 0.25) is 0 Å². The monoisotopic (exact) mass is 275 g/mol. The fourth-order valence-electron chi connectivity index (χ4n) is 3.18. The lowest BCUT2D eigenvalue weighted by Crippen LogP contribution is -2.36. The molecule has 0 radical (unpaired) electrons. The highest BCUT2D eigenvalue weighted by Gasteiger charge is 2.22. The number of benzene rings is 1. The Balaban J connectivity index is 2.07. The topological polar surface area (TPSA) is 24.0 Å². The number of rotatable bonds is 2. The van der Waals surface area contributed by atoms with E-state index in [1.807, 2.05) is 0 Å². The smallest absolute Gasteiger partial charge is 0.178 e. The maximum atomic E-state index is 5.56. The van der Waals surface area contributed by atoms with Gasteiger partial charge in [-0.1, -0.05) is 19.1 Å². The Labute approximate surface area is 119 Å². The highest BCUT2D eigenvalue weighted by Crippen LogP contribution is 2.27. The number of hydrogen-bond donors (Lipinski definition) is 1. The molecule has 0 spiro atoms. The van der Waals surface area contributed by atoms with Gasteiger partial charge in [-0.3, -0.25) is 0 Å². The molecule has 3 rings (SSSR count). The zero-order chi connectivity index (χ0) is 13.4. The minimum atomic E-state index is 0.511. The van der Waals surface area contributed by atoms with Crippen molar-refractivity contribution in [2.24, 2.45) is 0 Å². The van der Waals surface area contributed by atoms with Gasteiger partial charge in [-0.05, 0) is 56.7 Å². The second-order valence-electron chi connectivity index (χ2n) is 5.46. The Morgan fingerprint density at radius 3 is 3.05 bits per heavy atom. The molecule has 1 saturated heterocycles. The summed E-state index contributed by atoms with van der Waals surface area (Å²) in [6.07, 6.45) is 2.49. The Hall–Kier alpha value is -1.13. The first kappa shape index (κ1) is 12.9. The van der Waals surface area contributed by atoms with Crippen molar-refractivity contribution in [3.63, 3.8) is 0 Å². The predicted molar refractivity (Wildman–Crippen MR) is 82.2 cm³/mol. The van der Waals surface area contributed by atoms with Crippen LogP contribution in [0.5, 0.6) is 0 Å². The molecule has 1 aliphatic rings. The second kappa shape index (κ2) is 5.10. The van der Waals surface area contributed by atoms with Crippen LogP contribution in [0, 0.1) is 11.7 Å². The standard InChI is InChI=1S/C15H21N3S/c1-3-17-9-5-7-12(10-17)18-13-8-4-6-11(2)14(13)16-15(18)19/h4,6,8,12H,3,5,7,9-10H2,1-2H3,(H,16,19). The summed E-state index contributed by atoms with van der Waals surface area (Å²) in [6.45, 7) is 7.84. The van der Waals surface area contributed by atoms with E-state index >= 15 is 0 Å². The number of aryl methyl sites for hydroxylation is 1. The first-order chi connectivity index (χ1) is 9.20. The summed E-state index contributed by atoms with van der Waals surface area (Å²) in [4.78, 5) is 5.90. The number of H-pyrrole nitrogens is 1. The third-order valence-corrected chi connectivity index (χ3v) is 4.55. The van der Waals surface area contributed by atoms with Gasteiger partial charge in [0.2, 0.25) is 0 Å². The third-order valence-electron chi connectivity index (χ3n) is 4.25. The molecule has 1 aromatic heterocycles. The van der Waals surface area contributed by atoms with Gasteiger partial charge in [0.15, 0.2) is 4.77 Å². The van der Waals surface area contributed by atoms with Crippen LogP contribution in [-0.2, 0) is 0 Å². The molecule has 1 atom stereocenters. The first-order valence-electron chi connectivity index (χ1n) is 7.13. The number of imidazole rings is 1. The van der Waals surface area contributed by atoms with Crippen molar-refractivity contribution in [2.75, 3.05) is 19.6 Å². The Kier molecular flexibility index (Phi) is 3.46. The van der Waals surface area contributed by atoms with Crippen molar-refractivity contribution in [1.29, 1.82) is 0 Å². The minimum absolute atomic E-state index is 0.511. The average Bonchev–Trinajstić information content (AvgIpc) is 2.77. The van der Waals surface area contributed by atoms with E-state index < -0.39 is 0 Å². The van der Waals surface area contributed by atoms with Gasteiger partial charge in [0, 0.05) is 12.6 Å². The molecule has 0 saturated carbocycles. The summed E-state index contributed by atoms with van der Waals surface area (Å²) < 4.78 is 3.20. The number of fused-ring (bicyclic) bond motifs is 1. The van der Waals surface area contributed by atoms with Crippen LogP contribution in [0.4, 0.5) is 0 Å². The lowest BCUT2D eigenvalue weighted by atomic mass is 10.1. The van der Waals surface area contributed by atoms with Crippen LogP contribution in [0.25, 0.3) is 11.0 Å². The number of hydrogen-bond acceptors (Lipinski definition) is 2. The Bertz CT molecular complexity index is 640. The summed E-state index contributed by atoms with van der Waals surface area (Å²) in [5, 5.41) is 0. The molecule has 4 heteroatoms. The van der Waals surface area contributed by atoms with Crippen molar-refractivity contribution < 1.29 is 0 Å². The van der Waals surface area contributed by atoms with E-state index in [2.05, 4.69) is 46.5 Å². The van der Waals surface area contributed by atoms with Gasteiger partial charge in [-0.2, -0.15) is 0 Å². The van der Waals surface area contributed by atoms with Gasteiger partial charge >= 0.3 is 0 Å². The SMILES string of the molecule is CCN1CCCC(n2c(=S)[nH]c3c(C)cccc32)C1. The third kappa shape index (κ3) is 2.23. The minimum Gasteiger partial charge on any atom is -0.330 e. The molecular weight excluding hydrogens is 254 g/mol. The fourth-order valence-corrected chi connectivity index (χ4v) is 3.53. The van der Waals surface area contributed by atoms with E-state index in [0.29, 0.717) is 6.04 Å². The average molecular weight is 275 g/mol. The molecule has 102 valence electrons. The molecule has 2 heterocycles. The predicted octanol–water partition coefficient (Wildman–Crippen LogP) is 3.66. The van der Waals surface area contributed by atoms with Gasteiger partial charge in [-0.25, -0.2) is 0 Å². The van der Waals surface area contributed by atoms with Crippen molar-refractivity contribution in [3.8, 4) is 0 Å². The summed E-state index contributed by atoms with van der Waals surface area (Å²) in [6, 6.07) is 6.95. The number of aromatic nitrogens is 2. The largest absolute Gasteiger partial charge is 0.330 e. The van der Waals surface area contributed by atoms with E-state index in [0.717, 1.165) is 17.9 Å². The van der Waals surface area contributed by atoms with E-state index in [9.17, 15) is 0 Å². The number of nitrogens with zero attached hydrogens (tertiary/aromatic N) is 2. The molecule has 0 amide bonds. The van der Waals surface area contributed by atoms with Gasteiger partial charge in [0.1, 0.15) is 0 Å². The number of para-hydroxylation sites is 1. The van der Waals surface area contributed by atoms with E-state index in [4.69, 9.17) is 12.2 Å².